The number of amides is 1. The molecule has 108 valence electrons. The Bertz CT molecular complexity index is 524. The molecule has 1 aromatic heterocycles. The quantitative estimate of drug-likeness (QED) is 0.812. The summed E-state index contributed by atoms with van der Waals surface area (Å²) in [5.74, 6) is 1.01. The maximum absolute atomic E-state index is 11.0. The van der Waals surface area contributed by atoms with Gasteiger partial charge in [0.2, 0.25) is 5.91 Å². The molecule has 0 saturated carbocycles. The Morgan fingerprint density at radius 3 is 2.65 bits per heavy atom. The molecule has 4 N–H and O–H groups in total. The number of carbonyl (C=O) groups excluding carboxylic acids is 1. The zero-order valence-corrected chi connectivity index (χ0v) is 12.4. The van der Waals surface area contributed by atoms with Gasteiger partial charge in [0.15, 0.2) is 0 Å². The second kappa shape index (κ2) is 6.17. The van der Waals surface area contributed by atoms with Crippen LogP contribution in [0.4, 0.5) is 5.82 Å². The van der Waals surface area contributed by atoms with Crippen LogP contribution in [0.15, 0.2) is 12.3 Å². The van der Waals surface area contributed by atoms with E-state index in [1.54, 1.807) is 6.20 Å². The molecule has 5 nitrogen and oxygen atoms in total. The number of hydrogen-bond acceptors (Lipinski definition) is 4. The molecule has 0 aromatic carbocycles. The second-order valence-corrected chi connectivity index (χ2v) is 5.73. The van der Waals surface area contributed by atoms with Gasteiger partial charge in [-0.1, -0.05) is 12.2 Å². The molecular weight excluding hydrogens is 272 g/mol. The minimum atomic E-state index is -0.221. The summed E-state index contributed by atoms with van der Waals surface area (Å²) in [7, 11) is 0. The van der Waals surface area contributed by atoms with E-state index in [1.165, 1.54) is 0 Å². The number of piperidine rings is 1. The number of nitrogens with zero attached hydrogens (tertiary/aromatic N) is 2. The molecule has 6 heteroatoms. The molecule has 2 rings (SSSR count). The average molecular weight is 292 g/mol. The Morgan fingerprint density at radius 1 is 1.45 bits per heavy atom. The van der Waals surface area contributed by atoms with Crippen LogP contribution < -0.4 is 16.4 Å². The van der Waals surface area contributed by atoms with Crippen LogP contribution in [-0.2, 0) is 4.79 Å². The molecule has 2 heterocycles. The van der Waals surface area contributed by atoms with Crippen molar-refractivity contribution in [1.29, 1.82) is 0 Å². The molecule has 0 bridgehead atoms. The number of nitrogens with two attached hydrogens (primary N) is 2. The highest BCUT2D eigenvalue weighted by atomic mass is 32.1. The van der Waals surface area contributed by atoms with E-state index in [2.05, 4.69) is 9.88 Å². The van der Waals surface area contributed by atoms with Crippen LogP contribution in [-0.4, -0.2) is 29.0 Å². The van der Waals surface area contributed by atoms with Crippen molar-refractivity contribution in [3.05, 3.63) is 23.4 Å². The molecule has 1 saturated heterocycles. The molecule has 1 fully saturated rings. The Kier molecular flexibility index (Phi) is 4.54. The summed E-state index contributed by atoms with van der Waals surface area (Å²) in [5.41, 5.74) is 13.0. The van der Waals surface area contributed by atoms with Gasteiger partial charge in [-0.05, 0) is 37.3 Å². The van der Waals surface area contributed by atoms with Gasteiger partial charge >= 0.3 is 0 Å². The lowest BCUT2D eigenvalue weighted by molar-refractivity contribution is -0.119. The van der Waals surface area contributed by atoms with Crippen LogP contribution in [0.25, 0.3) is 0 Å². The van der Waals surface area contributed by atoms with Crippen LogP contribution in [0.5, 0.6) is 0 Å². The molecule has 1 amide bonds. The Balaban J connectivity index is 2.13. The number of primary amides is 1. The largest absolute Gasteiger partial charge is 0.389 e. The van der Waals surface area contributed by atoms with E-state index in [0.29, 0.717) is 17.3 Å². The van der Waals surface area contributed by atoms with E-state index < -0.39 is 0 Å². The summed E-state index contributed by atoms with van der Waals surface area (Å²) in [6, 6.07) is 1.91. The van der Waals surface area contributed by atoms with Crippen LogP contribution in [0.1, 0.15) is 30.4 Å². The van der Waals surface area contributed by atoms with Crippen molar-refractivity contribution in [2.45, 2.75) is 26.2 Å². The number of anilines is 1. The minimum absolute atomic E-state index is 0.221. The first-order chi connectivity index (χ1) is 9.49. The van der Waals surface area contributed by atoms with Crippen LogP contribution in [0.2, 0.25) is 0 Å². The lowest BCUT2D eigenvalue weighted by atomic mass is 9.93. The van der Waals surface area contributed by atoms with Crippen LogP contribution in [0.3, 0.4) is 0 Å². The van der Waals surface area contributed by atoms with Gasteiger partial charge in [-0.3, -0.25) is 4.79 Å². The van der Waals surface area contributed by atoms with E-state index in [1.807, 2.05) is 13.0 Å². The highest BCUT2D eigenvalue weighted by Crippen LogP contribution is 2.27. The van der Waals surface area contributed by atoms with Gasteiger partial charge in [-0.2, -0.15) is 0 Å². The predicted molar refractivity (Wildman–Crippen MR) is 83.6 cm³/mol. The molecular formula is C14H20N4OS. The number of aryl methyl sites for hydroxylation is 1. The van der Waals surface area contributed by atoms with Gasteiger partial charge in [0, 0.05) is 25.7 Å². The number of carbonyl (C=O) groups is 1. The van der Waals surface area contributed by atoms with Crippen molar-refractivity contribution in [1.82, 2.24) is 4.98 Å². The van der Waals surface area contributed by atoms with Crippen molar-refractivity contribution >= 4 is 28.9 Å². The molecule has 0 aliphatic carbocycles. The zero-order chi connectivity index (χ0) is 14.7. The van der Waals surface area contributed by atoms with Gasteiger partial charge < -0.3 is 16.4 Å². The zero-order valence-electron chi connectivity index (χ0n) is 11.6. The van der Waals surface area contributed by atoms with E-state index in [-0.39, 0.29) is 5.91 Å². The highest BCUT2D eigenvalue weighted by molar-refractivity contribution is 7.80. The fourth-order valence-electron chi connectivity index (χ4n) is 2.72. The third-order valence-electron chi connectivity index (χ3n) is 3.79. The third-order valence-corrected chi connectivity index (χ3v) is 3.99. The minimum Gasteiger partial charge on any atom is -0.389 e. The third kappa shape index (κ3) is 3.25. The number of rotatable bonds is 4. The topological polar surface area (TPSA) is 85.2 Å². The SMILES string of the molecule is Cc1ccnc(N2CCC(CC(N)=O)CC2)c1C(N)=S. The van der Waals surface area contributed by atoms with Crippen LogP contribution in [0, 0.1) is 12.8 Å². The summed E-state index contributed by atoms with van der Waals surface area (Å²) < 4.78 is 0. The monoisotopic (exact) mass is 292 g/mol. The summed E-state index contributed by atoms with van der Waals surface area (Å²) in [4.78, 5) is 18.0. The maximum atomic E-state index is 11.0. The van der Waals surface area contributed by atoms with Gasteiger partial charge in [0.1, 0.15) is 10.8 Å². The standard InChI is InChI=1S/C14H20N4OS/c1-9-2-5-17-14(12(9)13(16)20)18-6-3-10(4-7-18)8-11(15)19/h2,5,10H,3-4,6-8H2,1H3,(H2,15,19)(H2,16,20). The highest BCUT2D eigenvalue weighted by Gasteiger charge is 2.24. The number of hydrogen-bond donors (Lipinski definition) is 2. The molecule has 1 aliphatic rings. The number of aromatic nitrogens is 1. The Hall–Kier alpha value is -1.69. The number of pyridine rings is 1. The maximum Gasteiger partial charge on any atom is 0.217 e. The van der Waals surface area contributed by atoms with Crippen molar-refractivity contribution in [3.8, 4) is 0 Å². The normalized spacial score (nSPS) is 16.1. The van der Waals surface area contributed by atoms with Crippen molar-refractivity contribution in [2.24, 2.45) is 17.4 Å². The first-order valence-electron chi connectivity index (χ1n) is 6.77. The van der Waals surface area contributed by atoms with Crippen LogP contribution >= 0.6 is 12.2 Å². The first kappa shape index (κ1) is 14.7. The molecule has 0 radical (unpaired) electrons. The molecule has 1 aromatic rings. The fraction of sp³-hybridized carbons (Fsp3) is 0.500. The van der Waals surface area contributed by atoms with Gasteiger partial charge in [0.05, 0.1) is 5.56 Å². The summed E-state index contributed by atoms with van der Waals surface area (Å²) in [6.07, 6.45) is 4.13. The second-order valence-electron chi connectivity index (χ2n) is 5.29. The summed E-state index contributed by atoms with van der Waals surface area (Å²) in [5, 5.41) is 0. The average Bonchev–Trinajstić information content (AvgIpc) is 2.38. The van der Waals surface area contributed by atoms with E-state index in [0.717, 1.165) is 42.9 Å². The van der Waals surface area contributed by atoms with E-state index in [9.17, 15) is 4.79 Å². The molecule has 1 aliphatic heterocycles. The molecule has 0 atom stereocenters. The summed E-state index contributed by atoms with van der Waals surface area (Å²) >= 11 is 5.14. The van der Waals surface area contributed by atoms with Gasteiger partial charge in [-0.15, -0.1) is 0 Å². The first-order valence-corrected chi connectivity index (χ1v) is 7.18. The fourth-order valence-corrected chi connectivity index (χ4v) is 2.97. The Labute approximate surface area is 124 Å². The molecule has 0 spiro atoms. The van der Waals surface area contributed by atoms with E-state index >= 15 is 0 Å². The van der Waals surface area contributed by atoms with Crippen molar-refractivity contribution in [3.63, 3.8) is 0 Å². The summed E-state index contributed by atoms with van der Waals surface area (Å²) in [6.45, 7) is 3.69. The molecule has 20 heavy (non-hydrogen) atoms. The van der Waals surface area contributed by atoms with Crippen molar-refractivity contribution < 1.29 is 4.79 Å². The van der Waals surface area contributed by atoms with Crippen molar-refractivity contribution in [2.75, 3.05) is 18.0 Å². The smallest absolute Gasteiger partial charge is 0.217 e. The van der Waals surface area contributed by atoms with Gasteiger partial charge in [-0.25, -0.2) is 4.98 Å². The molecule has 0 unspecified atom stereocenters. The predicted octanol–water partition coefficient (Wildman–Crippen LogP) is 1.12. The van der Waals surface area contributed by atoms with E-state index in [4.69, 9.17) is 23.7 Å². The van der Waals surface area contributed by atoms with Gasteiger partial charge in [0.25, 0.3) is 0 Å². The lowest BCUT2D eigenvalue weighted by Crippen LogP contribution is -2.37. The number of thiocarbonyl (C=S) groups is 1. The lowest BCUT2D eigenvalue weighted by Gasteiger charge is -2.33. The Morgan fingerprint density at radius 2 is 2.10 bits per heavy atom.